The second-order valence-corrected chi connectivity index (χ2v) is 7.70. The highest BCUT2D eigenvalue weighted by molar-refractivity contribution is 5.94. The number of aliphatic imine (C=N–C) groups is 1. The second kappa shape index (κ2) is 12.4. The van der Waals surface area contributed by atoms with Gasteiger partial charge in [0.1, 0.15) is 0 Å². The first-order chi connectivity index (χ1) is 13.6. The molecule has 0 aromatic heterocycles. The van der Waals surface area contributed by atoms with Crippen LogP contribution in [0.2, 0.25) is 0 Å². The van der Waals surface area contributed by atoms with E-state index >= 15 is 0 Å². The quantitative estimate of drug-likeness (QED) is 0.327. The number of carbonyl (C=O) groups is 1. The molecule has 28 heavy (non-hydrogen) atoms. The van der Waals surface area contributed by atoms with Gasteiger partial charge in [-0.25, -0.2) is 4.99 Å². The van der Waals surface area contributed by atoms with E-state index in [1.54, 1.807) is 0 Å². The normalized spacial score (nSPS) is 17.0. The van der Waals surface area contributed by atoms with Crippen molar-refractivity contribution >= 4 is 11.9 Å². The van der Waals surface area contributed by atoms with Gasteiger partial charge in [-0.1, -0.05) is 26.0 Å². The van der Waals surface area contributed by atoms with Crippen molar-refractivity contribution in [1.82, 2.24) is 16.0 Å². The van der Waals surface area contributed by atoms with E-state index in [1.165, 1.54) is 6.42 Å². The zero-order chi connectivity index (χ0) is 20.2. The lowest BCUT2D eigenvalue weighted by molar-refractivity contribution is 0.0857. The van der Waals surface area contributed by atoms with Crippen molar-refractivity contribution in [3.8, 4) is 0 Å². The summed E-state index contributed by atoms with van der Waals surface area (Å²) in [5.41, 5.74) is 1.68. The minimum atomic E-state index is -0.0555. The van der Waals surface area contributed by atoms with Gasteiger partial charge in [-0.2, -0.15) is 0 Å². The van der Waals surface area contributed by atoms with Crippen molar-refractivity contribution in [2.45, 2.75) is 59.1 Å². The zero-order valence-corrected chi connectivity index (χ0v) is 17.6. The Morgan fingerprint density at radius 3 is 2.86 bits per heavy atom. The highest BCUT2D eigenvalue weighted by Crippen LogP contribution is 2.11. The number of nitrogens with zero attached hydrogens (tertiary/aromatic N) is 1. The van der Waals surface area contributed by atoms with Crippen molar-refractivity contribution in [1.29, 1.82) is 0 Å². The molecule has 6 nitrogen and oxygen atoms in total. The van der Waals surface area contributed by atoms with E-state index in [0.29, 0.717) is 18.7 Å². The molecule has 1 aliphatic heterocycles. The minimum Gasteiger partial charge on any atom is -0.376 e. The summed E-state index contributed by atoms with van der Waals surface area (Å²) in [5.74, 6) is 1.48. The summed E-state index contributed by atoms with van der Waals surface area (Å²) in [7, 11) is 0. The molecule has 1 aromatic carbocycles. The molecule has 1 amide bonds. The summed E-state index contributed by atoms with van der Waals surface area (Å²) in [6, 6.07) is 7.67. The van der Waals surface area contributed by atoms with Crippen LogP contribution in [0.3, 0.4) is 0 Å². The maximum absolute atomic E-state index is 12.4. The number of benzene rings is 1. The van der Waals surface area contributed by atoms with E-state index < -0.39 is 0 Å². The average Bonchev–Trinajstić information content (AvgIpc) is 3.21. The maximum atomic E-state index is 12.4. The smallest absolute Gasteiger partial charge is 0.251 e. The molecule has 0 saturated carbocycles. The Balaban J connectivity index is 1.86. The Morgan fingerprint density at radius 2 is 2.14 bits per heavy atom. The number of rotatable bonds is 10. The van der Waals surface area contributed by atoms with Gasteiger partial charge in [-0.05, 0) is 56.2 Å². The van der Waals surface area contributed by atoms with Crippen LogP contribution in [0.5, 0.6) is 0 Å². The lowest BCUT2D eigenvalue weighted by atomic mass is 10.1. The van der Waals surface area contributed by atoms with Crippen LogP contribution in [0.25, 0.3) is 0 Å². The highest BCUT2D eigenvalue weighted by Gasteiger charge is 2.16. The molecule has 1 fully saturated rings. The van der Waals surface area contributed by atoms with E-state index in [2.05, 4.69) is 41.7 Å². The van der Waals surface area contributed by atoms with Gasteiger partial charge in [-0.3, -0.25) is 4.79 Å². The van der Waals surface area contributed by atoms with Crippen LogP contribution in [0.1, 0.15) is 62.4 Å². The fourth-order valence-electron chi connectivity index (χ4n) is 3.15. The van der Waals surface area contributed by atoms with Crippen LogP contribution < -0.4 is 16.0 Å². The predicted molar refractivity (Wildman–Crippen MR) is 115 cm³/mol. The fourth-order valence-corrected chi connectivity index (χ4v) is 3.15. The predicted octanol–water partition coefficient (Wildman–Crippen LogP) is 3.09. The molecule has 0 spiro atoms. The van der Waals surface area contributed by atoms with Crippen LogP contribution in [0.4, 0.5) is 0 Å². The Hall–Kier alpha value is -2.08. The van der Waals surface area contributed by atoms with Gasteiger partial charge >= 0.3 is 0 Å². The highest BCUT2D eigenvalue weighted by atomic mass is 16.5. The maximum Gasteiger partial charge on any atom is 0.251 e. The van der Waals surface area contributed by atoms with Crippen molar-refractivity contribution in [2.24, 2.45) is 10.9 Å². The molecule has 0 bridgehead atoms. The molecule has 1 saturated heterocycles. The number of hydrogen-bond donors (Lipinski definition) is 3. The first-order valence-electron chi connectivity index (χ1n) is 10.6. The number of nitrogens with one attached hydrogen (secondary N) is 3. The molecule has 1 unspecified atom stereocenters. The first kappa shape index (κ1) is 22.2. The molecular formula is C22H36N4O2. The van der Waals surface area contributed by atoms with Gasteiger partial charge in [0, 0.05) is 31.8 Å². The van der Waals surface area contributed by atoms with Crippen LogP contribution in [-0.2, 0) is 11.3 Å². The molecule has 3 N–H and O–H groups in total. The number of hydrogen-bond acceptors (Lipinski definition) is 3. The molecule has 0 radical (unpaired) electrons. The van der Waals surface area contributed by atoms with Gasteiger partial charge in [0.05, 0.1) is 12.6 Å². The number of carbonyl (C=O) groups excluding carboxylic acids is 1. The summed E-state index contributed by atoms with van der Waals surface area (Å²) in [5, 5.41) is 9.63. The van der Waals surface area contributed by atoms with E-state index in [9.17, 15) is 4.79 Å². The van der Waals surface area contributed by atoms with Crippen LogP contribution in [0, 0.1) is 5.92 Å². The van der Waals surface area contributed by atoms with Crippen LogP contribution in [-0.4, -0.2) is 44.2 Å². The van der Waals surface area contributed by atoms with Crippen LogP contribution >= 0.6 is 0 Å². The topological polar surface area (TPSA) is 74.8 Å². The third-order valence-electron chi connectivity index (χ3n) is 4.72. The van der Waals surface area contributed by atoms with E-state index in [0.717, 1.165) is 56.4 Å². The molecule has 1 aromatic rings. The molecule has 6 heteroatoms. The lowest BCUT2D eigenvalue weighted by Gasteiger charge is -2.12. The van der Waals surface area contributed by atoms with Crippen molar-refractivity contribution in [2.75, 3.05) is 26.2 Å². The molecule has 1 atom stereocenters. The molecule has 2 rings (SSSR count). The van der Waals surface area contributed by atoms with Crippen molar-refractivity contribution in [3.63, 3.8) is 0 Å². The third-order valence-corrected chi connectivity index (χ3v) is 4.72. The van der Waals surface area contributed by atoms with Crippen LogP contribution in [0.15, 0.2) is 29.3 Å². The van der Waals surface area contributed by atoms with E-state index in [4.69, 9.17) is 4.74 Å². The first-order valence-corrected chi connectivity index (χ1v) is 10.6. The summed E-state index contributed by atoms with van der Waals surface area (Å²) >= 11 is 0. The largest absolute Gasteiger partial charge is 0.376 e. The zero-order valence-electron chi connectivity index (χ0n) is 17.6. The molecule has 0 aliphatic carbocycles. The van der Waals surface area contributed by atoms with E-state index in [1.807, 2.05) is 24.3 Å². The van der Waals surface area contributed by atoms with Gasteiger partial charge in [0.25, 0.3) is 5.91 Å². The summed E-state index contributed by atoms with van der Waals surface area (Å²) in [6.07, 6.45) is 4.58. The lowest BCUT2D eigenvalue weighted by Crippen LogP contribution is -2.37. The van der Waals surface area contributed by atoms with Gasteiger partial charge in [-0.15, -0.1) is 0 Å². The minimum absolute atomic E-state index is 0.0555. The third kappa shape index (κ3) is 8.30. The van der Waals surface area contributed by atoms with Crippen molar-refractivity contribution < 1.29 is 9.53 Å². The molecule has 1 aliphatic rings. The van der Waals surface area contributed by atoms with Crippen molar-refractivity contribution in [3.05, 3.63) is 35.4 Å². The molecule has 1 heterocycles. The average molecular weight is 389 g/mol. The number of guanidine groups is 1. The molecular weight excluding hydrogens is 352 g/mol. The molecule has 156 valence electrons. The summed E-state index contributed by atoms with van der Waals surface area (Å²) in [4.78, 5) is 17.0. The Labute approximate surface area is 169 Å². The van der Waals surface area contributed by atoms with Gasteiger partial charge in [0.2, 0.25) is 0 Å². The number of amides is 1. The summed E-state index contributed by atoms with van der Waals surface area (Å²) in [6.45, 7) is 10.2. The summed E-state index contributed by atoms with van der Waals surface area (Å²) < 4.78 is 5.56. The standard InChI is InChI=1S/C22H36N4O2/c1-4-23-22(24-12-6-8-17(2)3)26-15-18-9-5-10-19(14-18)21(27)25-16-20-11-7-13-28-20/h5,9-10,14,17,20H,4,6-8,11-13,15-16H2,1-3H3,(H,25,27)(H2,23,24,26). The Kier molecular flexibility index (Phi) is 9.83. The number of ether oxygens (including phenoxy) is 1. The second-order valence-electron chi connectivity index (χ2n) is 7.70. The van der Waals surface area contributed by atoms with Gasteiger partial charge < -0.3 is 20.7 Å². The Morgan fingerprint density at radius 1 is 1.29 bits per heavy atom. The Bertz CT molecular complexity index is 625. The van der Waals surface area contributed by atoms with Gasteiger partial charge in [0.15, 0.2) is 5.96 Å². The van der Waals surface area contributed by atoms with E-state index in [-0.39, 0.29) is 12.0 Å². The SMILES string of the molecule is CCNC(=NCc1cccc(C(=O)NCC2CCCO2)c1)NCCCC(C)C. The monoisotopic (exact) mass is 388 g/mol. The fraction of sp³-hybridized carbons (Fsp3) is 0.636.